The van der Waals surface area contributed by atoms with E-state index in [2.05, 4.69) is 312 Å². The first-order valence-electron chi connectivity index (χ1n) is 26.4. The first kappa shape index (κ1) is 44.0. The summed E-state index contributed by atoms with van der Waals surface area (Å²) in [6.45, 7) is 0. The van der Waals surface area contributed by atoms with Gasteiger partial charge in [-0.25, -0.2) is 0 Å². The summed E-state index contributed by atoms with van der Waals surface area (Å²) in [5.41, 5.74) is 16.7. The van der Waals surface area contributed by atoms with E-state index < -0.39 is 13.5 Å². The van der Waals surface area contributed by atoms with E-state index in [-0.39, 0.29) is 0 Å². The first-order valence-corrected chi connectivity index (χ1v) is 28.4. The van der Waals surface area contributed by atoms with Gasteiger partial charge in [0.15, 0.2) is 8.07 Å². The van der Waals surface area contributed by atoms with Gasteiger partial charge in [0.1, 0.15) is 0 Å². The summed E-state index contributed by atoms with van der Waals surface area (Å²) in [4.78, 5) is 0. The quantitative estimate of drug-likeness (QED) is 0.101. The topological polar surface area (TPSA) is 9.86 Å². The maximum absolute atomic E-state index is 2.81. The van der Waals surface area contributed by atoms with Crippen molar-refractivity contribution in [1.82, 2.24) is 9.13 Å². The molecule has 0 unspecified atom stereocenters. The van der Waals surface area contributed by atoms with E-state index in [0.717, 1.165) is 11.4 Å². The Bertz CT molecular complexity index is 4360. The van der Waals surface area contributed by atoms with Crippen molar-refractivity contribution in [3.63, 3.8) is 0 Å². The largest absolute Gasteiger partial charge is 0.309 e. The molecule has 0 saturated heterocycles. The molecule has 2 aromatic heterocycles. The number of hydrogen-bond donors (Lipinski definition) is 0. The minimum atomic E-state index is -2.81. The van der Waals surface area contributed by atoms with Crippen molar-refractivity contribution in [3.8, 4) is 33.6 Å². The van der Waals surface area contributed by atoms with Crippen LogP contribution in [0.4, 0.5) is 0 Å². The van der Waals surface area contributed by atoms with Crippen LogP contribution in [0.15, 0.2) is 303 Å². The van der Waals surface area contributed by atoms with E-state index in [4.69, 9.17) is 0 Å². The van der Waals surface area contributed by atoms with Crippen LogP contribution in [-0.4, -0.2) is 17.2 Å². The van der Waals surface area contributed by atoms with Gasteiger partial charge in [-0.05, 0) is 114 Å². The van der Waals surface area contributed by atoms with Crippen molar-refractivity contribution in [3.05, 3.63) is 326 Å². The zero-order valence-corrected chi connectivity index (χ0v) is 42.8. The molecule has 3 heteroatoms. The van der Waals surface area contributed by atoms with E-state index in [1.54, 1.807) is 0 Å². The molecule has 2 heterocycles. The third kappa shape index (κ3) is 6.40. The summed E-state index contributed by atoms with van der Waals surface area (Å²) in [7, 11) is -2.81. The van der Waals surface area contributed by atoms with Crippen LogP contribution in [-0.2, 0) is 5.41 Å². The molecule has 0 spiro atoms. The van der Waals surface area contributed by atoms with Gasteiger partial charge in [-0.15, -0.1) is 0 Å². The second-order valence-corrected chi connectivity index (χ2v) is 24.1. The lowest BCUT2D eigenvalue weighted by molar-refractivity contribution is 0.768. The van der Waals surface area contributed by atoms with Crippen molar-refractivity contribution in [2.75, 3.05) is 0 Å². The second kappa shape index (κ2) is 17.6. The molecule has 356 valence electrons. The predicted molar refractivity (Wildman–Crippen MR) is 321 cm³/mol. The van der Waals surface area contributed by atoms with Gasteiger partial charge in [0.05, 0.1) is 33.2 Å². The third-order valence-electron chi connectivity index (χ3n) is 16.5. The molecule has 0 amide bonds. The molecule has 15 rings (SSSR count). The lowest BCUT2D eigenvalue weighted by Gasteiger charge is -2.34. The molecule has 14 aromatic rings. The third-order valence-corrected chi connectivity index (χ3v) is 21.3. The van der Waals surface area contributed by atoms with Gasteiger partial charge >= 0.3 is 0 Å². The Morgan fingerprint density at radius 3 is 1.41 bits per heavy atom. The molecule has 0 saturated carbocycles. The lowest BCUT2D eigenvalue weighted by atomic mass is 9.67. The Labute approximate surface area is 443 Å². The van der Waals surface area contributed by atoms with Gasteiger partial charge in [-0.2, -0.15) is 0 Å². The first-order chi connectivity index (χ1) is 37.7. The van der Waals surface area contributed by atoms with Gasteiger partial charge in [0, 0.05) is 27.2 Å². The highest BCUT2D eigenvalue weighted by Crippen LogP contribution is 2.56. The van der Waals surface area contributed by atoms with Crippen molar-refractivity contribution in [1.29, 1.82) is 0 Å². The van der Waals surface area contributed by atoms with E-state index in [9.17, 15) is 0 Å². The fraction of sp³-hybridized carbons (Fsp3) is 0.0137. The van der Waals surface area contributed by atoms with Crippen molar-refractivity contribution < 1.29 is 0 Å². The molecule has 0 bridgehead atoms. The highest BCUT2D eigenvalue weighted by Gasteiger charge is 2.46. The van der Waals surface area contributed by atoms with Gasteiger partial charge in [-0.1, -0.05) is 255 Å². The van der Waals surface area contributed by atoms with Gasteiger partial charge < -0.3 is 9.13 Å². The highest BCUT2D eigenvalue weighted by molar-refractivity contribution is 7.19. The molecular formula is C73H50N2Si. The maximum atomic E-state index is 2.53. The Kier molecular flexibility index (Phi) is 10.2. The Morgan fingerprint density at radius 1 is 0.276 bits per heavy atom. The van der Waals surface area contributed by atoms with Crippen LogP contribution < -0.4 is 20.7 Å². The lowest BCUT2D eigenvalue weighted by Crippen LogP contribution is -2.74. The number of nitrogens with zero attached hydrogens (tertiary/aromatic N) is 2. The number of aromatic nitrogens is 2. The zero-order chi connectivity index (χ0) is 50.2. The molecule has 0 atom stereocenters. The zero-order valence-electron chi connectivity index (χ0n) is 41.8. The van der Waals surface area contributed by atoms with Crippen molar-refractivity contribution >= 4 is 72.4 Å². The maximum Gasteiger partial charge on any atom is 0.179 e. The predicted octanol–water partition coefficient (Wildman–Crippen LogP) is 15.3. The summed E-state index contributed by atoms with van der Waals surface area (Å²) < 4.78 is 5.03. The molecular weight excluding hydrogens is 933 g/mol. The van der Waals surface area contributed by atoms with E-state index >= 15 is 0 Å². The summed E-state index contributed by atoms with van der Waals surface area (Å²) >= 11 is 0. The van der Waals surface area contributed by atoms with Gasteiger partial charge in [0.25, 0.3) is 0 Å². The number of para-hydroxylation sites is 2. The Morgan fingerprint density at radius 2 is 0.750 bits per heavy atom. The van der Waals surface area contributed by atoms with Crippen LogP contribution in [0, 0.1) is 0 Å². The molecule has 12 aromatic carbocycles. The number of rotatable bonds is 9. The molecule has 1 aliphatic rings. The Balaban J connectivity index is 0.934. The average Bonchev–Trinajstić information content (AvgIpc) is 4.27. The summed E-state index contributed by atoms with van der Waals surface area (Å²) in [5, 5.41) is 10.3. The van der Waals surface area contributed by atoms with Gasteiger partial charge in [-0.3, -0.25) is 0 Å². The van der Waals surface area contributed by atoms with Crippen LogP contribution in [0.25, 0.3) is 77.2 Å². The van der Waals surface area contributed by atoms with Gasteiger partial charge in [0.2, 0.25) is 0 Å². The molecule has 2 nitrogen and oxygen atoms in total. The normalized spacial score (nSPS) is 12.8. The second-order valence-electron chi connectivity index (χ2n) is 20.3. The summed E-state index contributed by atoms with van der Waals surface area (Å²) in [5.74, 6) is 0. The van der Waals surface area contributed by atoms with Crippen LogP contribution in [0.2, 0.25) is 0 Å². The molecule has 0 fully saturated rings. The molecule has 76 heavy (non-hydrogen) atoms. The molecule has 1 aliphatic carbocycles. The Hall–Kier alpha value is -9.54. The summed E-state index contributed by atoms with van der Waals surface area (Å²) in [6.07, 6.45) is 0. The number of benzene rings is 12. The van der Waals surface area contributed by atoms with Crippen LogP contribution >= 0.6 is 0 Å². The monoisotopic (exact) mass is 982 g/mol. The van der Waals surface area contributed by atoms with Crippen LogP contribution in [0.5, 0.6) is 0 Å². The fourth-order valence-electron chi connectivity index (χ4n) is 13.4. The molecule has 0 aliphatic heterocycles. The van der Waals surface area contributed by atoms with Crippen LogP contribution in [0.3, 0.4) is 0 Å². The van der Waals surface area contributed by atoms with Crippen molar-refractivity contribution in [2.24, 2.45) is 0 Å². The van der Waals surface area contributed by atoms with E-state index in [1.807, 2.05) is 0 Å². The minimum Gasteiger partial charge on any atom is -0.309 e. The molecule has 0 N–H and O–H groups in total. The van der Waals surface area contributed by atoms with E-state index in [1.165, 1.54) is 109 Å². The van der Waals surface area contributed by atoms with Crippen molar-refractivity contribution in [2.45, 2.75) is 5.41 Å². The minimum absolute atomic E-state index is 0.445. The van der Waals surface area contributed by atoms with Crippen LogP contribution in [0.1, 0.15) is 22.3 Å². The fourth-order valence-corrected chi connectivity index (χ4v) is 18.2. The number of fused-ring (bicyclic) bond motifs is 9. The standard InChI is InChI=1S/C73H50N2Si/c1-6-24-53(25-7-1)73(54-26-8-2-9-27-54)65-39-19-16-36-60(65)64-48-51(45-47-66(64)73)52-44-46-62-61-37-17-20-40-67(61)75(71(62)49-52)70-43-23-42-69-72(70)63-38-18-21-41-68(63)74(69)55-28-22-35-59(50-55)76(56-29-10-3-11-30-56,57-31-12-4-13-32-57)58-33-14-5-15-34-58/h1-50H. The average molecular weight is 983 g/mol. The highest BCUT2D eigenvalue weighted by atomic mass is 28.3. The summed E-state index contributed by atoms with van der Waals surface area (Å²) in [6, 6.07) is 113. The number of hydrogen-bond acceptors (Lipinski definition) is 0. The molecule has 0 radical (unpaired) electrons. The smallest absolute Gasteiger partial charge is 0.179 e. The SMILES string of the molecule is c1ccc(C2(c3ccccc3)c3ccccc3-c3cc(-c4ccc5c6ccccc6n(-c6cccc7c6c6ccccc6n7-c6cccc([Si](c7ccccc7)(c7ccccc7)c7ccccc7)c6)c5c4)ccc32)cc1. The van der Waals surface area contributed by atoms with E-state index in [0.29, 0.717) is 0 Å².